The highest BCUT2D eigenvalue weighted by molar-refractivity contribution is 6.35. The van der Waals surface area contributed by atoms with Gasteiger partial charge in [0.2, 0.25) is 0 Å². The van der Waals surface area contributed by atoms with Crippen LogP contribution in [-0.2, 0) is 16.0 Å². The third-order valence-corrected chi connectivity index (χ3v) is 3.70. The number of nitrogens with zero attached hydrogens (tertiary/aromatic N) is 1. The Bertz CT molecular complexity index is 572. The number of hydrogen-bond donors (Lipinski definition) is 3. The molecule has 0 saturated carbocycles. The van der Waals surface area contributed by atoms with Crippen LogP contribution in [0.15, 0.2) is 18.2 Å². The Kier molecular flexibility index (Phi) is 5.03. The van der Waals surface area contributed by atoms with E-state index in [0.717, 1.165) is 18.5 Å². The predicted octanol–water partition coefficient (Wildman–Crippen LogP) is 0.353. The van der Waals surface area contributed by atoms with Crippen molar-refractivity contribution in [2.45, 2.75) is 32.4 Å². The third-order valence-electron chi connectivity index (χ3n) is 3.70. The van der Waals surface area contributed by atoms with Crippen LogP contribution in [0, 0.1) is 0 Å². The molecule has 1 aromatic rings. The summed E-state index contributed by atoms with van der Waals surface area (Å²) in [7, 11) is 2.04. The highest BCUT2D eigenvalue weighted by atomic mass is 16.3. The third kappa shape index (κ3) is 3.76. The Labute approximate surface area is 130 Å². The molecule has 6 nitrogen and oxygen atoms in total. The van der Waals surface area contributed by atoms with Crippen molar-refractivity contribution in [3.63, 3.8) is 0 Å². The van der Waals surface area contributed by atoms with Gasteiger partial charge >= 0.3 is 11.8 Å². The fourth-order valence-corrected chi connectivity index (χ4v) is 2.51. The Morgan fingerprint density at radius 1 is 1.32 bits per heavy atom. The number of nitrogens with one attached hydrogen (secondary N) is 2. The van der Waals surface area contributed by atoms with Crippen LogP contribution in [0.3, 0.4) is 0 Å². The maximum absolute atomic E-state index is 11.6. The number of fused-ring (bicyclic) bond motifs is 1. The molecule has 6 heteroatoms. The molecule has 0 fully saturated rings. The molecule has 1 heterocycles. The van der Waals surface area contributed by atoms with Gasteiger partial charge in [0.1, 0.15) is 0 Å². The van der Waals surface area contributed by atoms with Crippen molar-refractivity contribution in [3.05, 3.63) is 29.3 Å². The molecular weight excluding hydrogens is 282 g/mol. The second kappa shape index (κ2) is 6.79. The first-order chi connectivity index (χ1) is 10.4. The van der Waals surface area contributed by atoms with Gasteiger partial charge in [-0.3, -0.25) is 9.59 Å². The van der Waals surface area contributed by atoms with Crippen LogP contribution in [0.25, 0.3) is 0 Å². The maximum atomic E-state index is 11.6. The van der Waals surface area contributed by atoms with Crippen molar-refractivity contribution < 1.29 is 14.7 Å². The van der Waals surface area contributed by atoms with Gasteiger partial charge in [-0.1, -0.05) is 12.1 Å². The van der Waals surface area contributed by atoms with Crippen LogP contribution in [-0.4, -0.2) is 43.1 Å². The van der Waals surface area contributed by atoms with E-state index in [0.29, 0.717) is 0 Å². The first-order valence-electron chi connectivity index (χ1n) is 7.49. The highest BCUT2D eigenvalue weighted by Crippen LogP contribution is 2.29. The minimum Gasteiger partial charge on any atom is -0.387 e. The molecule has 3 N–H and O–H groups in total. The second-order valence-corrected chi connectivity index (χ2v) is 5.91. The van der Waals surface area contributed by atoms with Crippen LogP contribution >= 0.6 is 0 Å². The van der Waals surface area contributed by atoms with E-state index in [1.807, 2.05) is 25.2 Å². The lowest BCUT2D eigenvalue weighted by atomic mass is 10.0. The fourth-order valence-electron chi connectivity index (χ4n) is 2.51. The number of rotatable bonds is 4. The molecule has 0 aliphatic carbocycles. The molecule has 1 unspecified atom stereocenters. The standard InChI is InChI=1S/C16H23N3O3/c1-10(2)18-16(22)15(21)17-9-14(20)12-4-5-13-11(8-12)6-7-19(13)3/h4-5,8,10,14,20H,6-7,9H2,1-3H3,(H,17,21)(H,18,22). The molecule has 2 rings (SSSR count). The van der Waals surface area contributed by atoms with Gasteiger partial charge in [-0.15, -0.1) is 0 Å². The van der Waals surface area contributed by atoms with Crippen molar-refractivity contribution >= 4 is 17.5 Å². The zero-order chi connectivity index (χ0) is 16.3. The number of benzene rings is 1. The lowest BCUT2D eigenvalue weighted by molar-refractivity contribution is -0.139. The normalized spacial score (nSPS) is 14.7. The SMILES string of the molecule is CC(C)NC(=O)C(=O)NCC(O)c1ccc2c(c1)CCN2C. The molecule has 0 bridgehead atoms. The van der Waals surface area contributed by atoms with E-state index in [1.54, 1.807) is 13.8 Å². The first-order valence-corrected chi connectivity index (χ1v) is 7.49. The second-order valence-electron chi connectivity index (χ2n) is 5.91. The van der Waals surface area contributed by atoms with Gasteiger partial charge in [-0.05, 0) is 37.5 Å². The van der Waals surface area contributed by atoms with Crippen molar-refractivity contribution in [2.75, 3.05) is 25.0 Å². The molecule has 22 heavy (non-hydrogen) atoms. The largest absolute Gasteiger partial charge is 0.387 e. The fraction of sp³-hybridized carbons (Fsp3) is 0.500. The van der Waals surface area contributed by atoms with E-state index >= 15 is 0 Å². The number of likely N-dealkylation sites (N-methyl/N-ethyl adjacent to an activating group) is 1. The number of hydrogen-bond acceptors (Lipinski definition) is 4. The summed E-state index contributed by atoms with van der Waals surface area (Å²) in [6.07, 6.45) is 0.127. The number of carbonyl (C=O) groups is 2. The van der Waals surface area contributed by atoms with Crippen LogP contribution in [0.5, 0.6) is 0 Å². The summed E-state index contributed by atoms with van der Waals surface area (Å²) < 4.78 is 0. The van der Waals surface area contributed by atoms with Crippen LogP contribution in [0.1, 0.15) is 31.1 Å². The number of aliphatic hydroxyl groups is 1. The maximum Gasteiger partial charge on any atom is 0.309 e. The molecule has 1 aliphatic rings. The summed E-state index contributed by atoms with van der Waals surface area (Å²) in [5.41, 5.74) is 3.12. The van der Waals surface area contributed by atoms with Gasteiger partial charge in [-0.25, -0.2) is 0 Å². The lowest BCUT2D eigenvalue weighted by Gasteiger charge is -2.15. The lowest BCUT2D eigenvalue weighted by Crippen LogP contribution is -2.43. The van der Waals surface area contributed by atoms with Crippen molar-refractivity contribution in [1.29, 1.82) is 0 Å². The molecule has 1 aromatic carbocycles. The zero-order valence-electron chi connectivity index (χ0n) is 13.2. The van der Waals surface area contributed by atoms with Crippen molar-refractivity contribution in [2.24, 2.45) is 0 Å². The molecule has 0 aromatic heterocycles. The molecule has 120 valence electrons. The van der Waals surface area contributed by atoms with Crippen molar-refractivity contribution in [1.82, 2.24) is 10.6 Å². The van der Waals surface area contributed by atoms with E-state index in [-0.39, 0.29) is 12.6 Å². The Morgan fingerprint density at radius 2 is 2.05 bits per heavy atom. The minimum absolute atomic E-state index is 0.0129. The molecular formula is C16H23N3O3. The van der Waals surface area contributed by atoms with Gasteiger partial charge < -0.3 is 20.6 Å². The summed E-state index contributed by atoms with van der Waals surface area (Å²) in [5, 5.41) is 15.1. The molecule has 1 aliphatic heterocycles. The molecule has 2 amide bonds. The Morgan fingerprint density at radius 3 is 2.73 bits per heavy atom. The molecule has 0 spiro atoms. The first kappa shape index (κ1) is 16.3. The van der Waals surface area contributed by atoms with E-state index in [1.165, 1.54) is 11.3 Å². The van der Waals surface area contributed by atoms with Gasteiger partial charge in [0.15, 0.2) is 0 Å². The number of carbonyl (C=O) groups excluding carboxylic acids is 2. The number of aliphatic hydroxyl groups excluding tert-OH is 1. The van der Waals surface area contributed by atoms with Crippen LogP contribution < -0.4 is 15.5 Å². The van der Waals surface area contributed by atoms with E-state index < -0.39 is 17.9 Å². The van der Waals surface area contributed by atoms with Gasteiger partial charge in [0.25, 0.3) is 0 Å². The monoisotopic (exact) mass is 305 g/mol. The number of amides is 2. The summed E-state index contributed by atoms with van der Waals surface area (Å²) >= 11 is 0. The predicted molar refractivity (Wildman–Crippen MR) is 84.7 cm³/mol. The Hall–Kier alpha value is -2.08. The average molecular weight is 305 g/mol. The van der Waals surface area contributed by atoms with E-state index in [2.05, 4.69) is 15.5 Å². The van der Waals surface area contributed by atoms with E-state index in [4.69, 9.17) is 0 Å². The summed E-state index contributed by atoms with van der Waals surface area (Å²) in [6.45, 7) is 4.54. The summed E-state index contributed by atoms with van der Waals surface area (Å²) in [6, 6.07) is 5.70. The van der Waals surface area contributed by atoms with Gasteiger partial charge in [0.05, 0.1) is 6.10 Å². The Balaban J connectivity index is 1.91. The quantitative estimate of drug-likeness (QED) is 0.701. The van der Waals surface area contributed by atoms with Crippen LogP contribution in [0.4, 0.5) is 5.69 Å². The minimum atomic E-state index is -0.827. The highest BCUT2D eigenvalue weighted by Gasteiger charge is 2.19. The average Bonchev–Trinajstić information content (AvgIpc) is 2.84. The smallest absolute Gasteiger partial charge is 0.309 e. The number of anilines is 1. The summed E-state index contributed by atoms with van der Waals surface area (Å²) in [4.78, 5) is 25.3. The van der Waals surface area contributed by atoms with Crippen LogP contribution in [0.2, 0.25) is 0 Å². The van der Waals surface area contributed by atoms with E-state index in [9.17, 15) is 14.7 Å². The van der Waals surface area contributed by atoms with Gasteiger partial charge in [-0.2, -0.15) is 0 Å². The molecule has 0 radical (unpaired) electrons. The molecule has 1 atom stereocenters. The van der Waals surface area contributed by atoms with Gasteiger partial charge in [0, 0.05) is 31.9 Å². The summed E-state index contributed by atoms with van der Waals surface area (Å²) in [5.74, 6) is -1.41. The molecule has 0 saturated heterocycles. The topological polar surface area (TPSA) is 81.7 Å². The van der Waals surface area contributed by atoms with Crippen molar-refractivity contribution in [3.8, 4) is 0 Å². The zero-order valence-corrected chi connectivity index (χ0v) is 13.2.